The number of nitriles is 1. The molecular formula is C16H15F2N5O. The van der Waals surface area contributed by atoms with E-state index in [-0.39, 0.29) is 16.5 Å². The highest BCUT2D eigenvalue weighted by Crippen LogP contribution is 2.32. The zero-order valence-corrected chi connectivity index (χ0v) is 12.8. The van der Waals surface area contributed by atoms with Gasteiger partial charge in [-0.25, -0.2) is 13.6 Å². The second-order valence-corrected chi connectivity index (χ2v) is 5.58. The van der Waals surface area contributed by atoms with E-state index in [9.17, 15) is 18.8 Å². The molecule has 1 aliphatic rings. The van der Waals surface area contributed by atoms with Gasteiger partial charge in [0.1, 0.15) is 17.4 Å². The van der Waals surface area contributed by atoms with E-state index in [0.717, 1.165) is 6.07 Å². The van der Waals surface area contributed by atoms with Crippen molar-refractivity contribution in [2.24, 2.45) is 5.73 Å². The summed E-state index contributed by atoms with van der Waals surface area (Å²) >= 11 is 0. The van der Waals surface area contributed by atoms with Crippen LogP contribution in [0.3, 0.4) is 0 Å². The predicted molar refractivity (Wildman–Crippen MR) is 84.4 cm³/mol. The molecule has 2 aromatic rings. The first-order valence-electron chi connectivity index (χ1n) is 7.48. The van der Waals surface area contributed by atoms with E-state index in [1.807, 2.05) is 11.0 Å². The number of urea groups is 1. The van der Waals surface area contributed by atoms with E-state index in [4.69, 9.17) is 5.73 Å². The molecule has 6 nitrogen and oxygen atoms in total. The summed E-state index contributed by atoms with van der Waals surface area (Å²) in [4.78, 5) is 18.6. The van der Waals surface area contributed by atoms with Crippen LogP contribution in [0.5, 0.6) is 0 Å². The Bertz CT molecular complexity index is 848. The van der Waals surface area contributed by atoms with Gasteiger partial charge >= 0.3 is 6.03 Å². The maximum Gasteiger partial charge on any atom is 0.314 e. The van der Waals surface area contributed by atoms with Gasteiger partial charge in [-0.15, -0.1) is 0 Å². The number of aromatic nitrogens is 1. The van der Waals surface area contributed by atoms with Gasteiger partial charge in [0.15, 0.2) is 5.82 Å². The number of primary amides is 1. The molecule has 0 aliphatic carbocycles. The summed E-state index contributed by atoms with van der Waals surface area (Å²) in [5.41, 5.74) is 6.00. The number of hydrogen-bond acceptors (Lipinski definition) is 4. The summed E-state index contributed by atoms with van der Waals surface area (Å²) in [5.74, 6) is -1.50. The molecule has 1 aliphatic heterocycles. The lowest BCUT2D eigenvalue weighted by atomic mass is 10.1. The second-order valence-electron chi connectivity index (χ2n) is 5.58. The molecule has 0 unspecified atom stereocenters. The number of amides is 2. The van der Waals surface area contributed by atoms with Gasteiger partial charge in [0.05, 0.1) is 11.3 Å². The van der Waals surface area contributed by atoms with Crippen molar-refractivity contribution in [3.8, 4) is 6.07 Å². The number of rotatable bonds is 1. The topological polar surface area (TPSA) is 86.2 Å². The molecule has 0 spiro atoms. The van der Waals surface area contributed by atoms with Crippen molar-refractivity contribution >= 4 is 22.6 Å². The SMILES string of the molecule is N#Cc1cnc2c(F)cc(F)cc2c1N1CCCN(C(N)=O)CC1. The van der Waals surface area contributed by atoms with Crippen molar-refractivity contribution in [2.75, 3.05) is 31.1 Å². The number of fused-ring (bicyclic) bond motifs is 1. The summed E-state index contributed by atoms with van der Waals surface area (Å²) in [7, 11) is 0. The molecule has 1 fully saturated rings. The minimum Gasteiger partial charge on any atom is -0.368 e. The van der Waals surface area contributed by atoms with Gasteiger partial charge < -0.3 is 15.5 Å². The smallest absolute Gasteiger partial charge is 0.314 e. The first-order valence-corrected chi connectivity index (χ1v) is 7.48. The fourth-order valence-corrected chi connectivity index (χ4v) is 3.00. The van der Waals surface area contributed by atoms with Gasteiger partial charge in [0.25, 0.3) is 0 Å². The molecule has 2 heterocycles. The zero-order valence-electron chi connectivity index (χ0n) is 12.8. The maximum absolute atomic E-state index is 14.0. The molecule has 124 valence electrons. The number of carbonyl (C=O) groups is 1. The number of anilines is 1. The van der Waals surface area contributed by atoms with E-state index < -0.39 is 17.7 Å². The number of hydrogen-bond donors (Lipinski definition) is 1. The van der Waals surface area contributed by atoms with Crippen LogP contribution in [0.25, 0.3) is 10.9 Å². The molecule has 2 N–H and O–H groups in total. The van der Waals surface area contributed by atoms with Gasteiger partial charge in [-0.05, 0) is 12.5 Å². The Labute approximate surface area is 137 Å². The largest absolute Gasteiger partial charge is 0.368 e. The molecule has 0 atom stereocenters. The van der Waals surface area contributed by atoms with Crippen molar-refractivity contribution in [3.63, 3.8) is 0 Å². The van der Waals surface area contributed by atoms with Crippen LogP contribution in [0.15, 0.2) is 18.3 Å². The van der Waals surface area contributed by atoms with Crippen LogP contribution in [0.2, 0.25) is 0 Å². The molecule has 0 bridgehead atoms. The highest BCUT2D eigenvalue weighted by atomic mass is 19.1. The zero-order chi connectivity index (χ0) is 17.3. The van der Waals surface area contributed by atoms with E-state index in [2.05, 4.69) is 4.98 Å². The number of nitrogens with two attached hydrogens (primary N) is 1. The van der Waals surface area contributed by atoms with E-state index in [0.29, 0.717) is 38.3 Å². The van der Waals surface area contributed by atoms with Gasteiger partial charge in [-0.1, -0.05) is 0 Å². The van der Waals surface area contributed by atoms with Crippen LogP contribution in [0.1, 0.15) is 12.0 Å². The van der Waals surface area contributed by atoms with Crippen molar-refractivity contribution in [2.45, 2.75) is 6.42 Å². The van der Waals surface area contributed by atoms with E-state index in [1.54, 1.807) is 0 Å². The molecule has 2 amide bonds. The van der Waals surface area contributed by atoms with E-state index >= 15 is 0 Å². The fourth-order valence-electron chi connectivity index (χ4n) is 3.00. The quantitative estimate of drug-likeness (QED) is 0.865. The molecule has 1 saturated heterocycles. The minimum atomic E-state index is -0.774. The molecule has 0 saturated carbocycles. The molecule has 3 rings (SSSR count). The number of carbonyl (C=O) groups excluding carboxylic acids is 1. The number of halogens is 2. The van der Waals surface area contributed by atoms with Gasteiger partial charge in [-0.3, -0.25) is 4.98 Å². The first-order chi connectivity index (χ1) is 11.5. The van der Waals surface area contributed by atoms with Crippen molar-refractivity contribution in [1.29, 1.82) is 5.26 Å². The third-order valence-electron chi connectivity index (χ3n) is 4.11. The first kappa shape index (κ1) is 15.9. The van der Waals surface area contributed by atoms with Crippen LogP contribution >= 0.6 is 0 Å². The molecule has 0 radical (unpaired) electrons. The monoisotopic (exact) mass is 331 g/mol. The minimum absolute atomic E-state index is 0.0152. The third-order valence-corrected chi connectivity index (χ3v) is 4.11. The van der Waals surface area contributed by atoms with Crippen LogP contribution in [0, 0.1) is 23.0 Å². The Morgan fingerprint density at radius 2 is 2.04 bits per heavy atom. The Morgan fingerprint density at radius 3 is 2.75 bits per heavy atom. The lowest BCUT2D eigenvalue weighted by molar-refractivity contribution is 0.211. The summed E-state index contributed by atoms with van der Waals surface area (Å²) in [6, 6.07) is 3.46. The number of benzene rings is 1. The van der Waals surface area contributed by atoms with Crippen LogP contribution in [-0.4, -0.2) is 42.1 Å². The van der Waals surface area contributed by atoms with Crippen LogP contribution in [0.4, 0.5) is 19.3 Å². The van der Waals surface area contributed by atoms with Gasteiger partial charge in [0.2, 0.25) is 0 Å². The highest BCUT2D eigenvalue weighted by molar-refractivity contribution is 5.95. The summed E-state index contributed by atoms with van der Waals surface area (Å²) < 4.78 is 27.7. The lowest BCUT2D eigenvalue weighted by Gasteiger charge is -2.25. The normalized spacial score (nSPS) is 15.2. The summed E-state index contributed by atoms with van der Waals surface area (Å²) in [5, 5.41) is 9.62. The Hall–Kier alpha value is -2.95. The van der Waals surface area contributed by atoms with Gasteiger partial charge in [0, 0.05) is 43.8 Å². The average molecular weight is 331 g/mol. The molecule has 8 heteroatoms. The third kappa shape index (κ3) is 2.80. The molecule has 24 heavy (non-hydrogen) atoms. The molecular weight excluding hydrogens is 316 g/mol. The van der Waals surface area contributed by atoms with Crippen molar-refractivity contribution in [3.05, 3.63) is 35.5 Å². The van der Waals surface area contributed by atoms with Gasteiger partial charge in [-0.2, -0.15) is 5.26 Å². The second kappa shape index (κ2) is 6.28. The Kier molecular flexibility index (Phi) is 4.16. The number of nitrogens with zero attached hydrogens (tertiary/aromatic N) is 4. The predicted octanol–water partition coefficient (Wildman–Crippen LogP) is 1.98. The van der Waals surface area contributed by atoms with Crippen LogP contribution in [-0.2, 0) is 0 Å². The molecule has 1 aromatic heterocycles. The Morgan fingerprint density at radius 1 is 1.25 bits per heavy atom. The standard InChI is InChI=1S/C16H15F2N5O/c17-11-6-12-14(13(18)7-11)21-9-10(8-19)15(12)22-2-1-3-23(5-4-22)16(20)24/h6-7,9H,1-5H2,(H2,20,24). The average Bonchev–Trinajstić information content (AvgIpc) is 2.79. The highest BCUT2D eigenvalue weighted by Gasteiger charge is 2.22. The summed E-state index contributed by atoms with van der Waals surface area (Å²) in [6.07, 6.45) is 1.92. The maximum atomic E-state index is 14.0. The van der Waals surface area contributed by atoms with Crippen molar-refractivity contribution in [1.82, 2.24) is 9.88 Å². The molecule has 1 aromatic carbocycles. The van der Waals surface area contributed by atoms with Crippen molar-refractivity contribution < 1.29 is 13.6 Å². The number of pyridine rings is 1. The Balaban J connectivity index is 2.10. The van der Waals surface area contributed by atoms with E-state index in [1.165, 1.54) is 17.2 Å². The van der Waals surface area contributed by atoms with Crippen LogP contribution < -0.4 is 10.6 Å². The lowest BCUT2D eigenvalue weighted by Crippen LogP contribution is -2.38. The fraction of sp³-hybridized carbons (Fsp3) is 0.312. The summed E-state index contributed by atoms with van der Waals surface area (Å²) in [6.45, 7) is 1.83.